The summed E-state index contributed by atoms with van der Waals surface area (Å²) in [6, 6.07) is 6.28. The van der Waals surface area contributed by atoms with Crippen LogP contribution in [0.4, 0.5) is 0 Å². The molecule has 19 heavy (non-hydrogen) atoms. The number of nitrogens with zero attached hydrogens (tertiary/aromatic N) is 2. The summed E-state index contributed by atoms with van der Waals surface area (Å²) in [4.78, 5) is 8.38. The van der Waals surface area contributed by atoms with Gasteiger partial charge in [-0.2, -0.15) is 0 Å². The first-order chi connectivity index (χ1) is 9.22. The van der Waals surface area contributed by atoms with Gasteiger partial charge in [0.1, 0.15) is 0 Å². The summed E-state index contributed by atoms with van der Waals surface area (Å²) in [6.07, 6.45) is 6.12. The van der Waals surface area contributed by atoms with Gasteiger partial charge in [-0.15, -0.1) is 0 Å². The lowest BCUT2D eigenvalue weighted by Gasteiger charge is -2.20. The summed E-state index contributed by atoms with van der Waals surface area (Å²) >= 11 is 6.19. The van der Waals surface area contributed by atoms with Gasteiger partial charge in [-0.25, -0.2) is 0 Å². The van der Waals surface area contributed by atoms with Gasteiger partial charge in [0, 0.05) is 30.3 Å². The van der Waals surface area contributed by atoms with E-state index in [1.54, 1.807) is 12.4 Å². The Bertz CT molecular complexity index is 542. The standard InChI is InChI=1S/C15H18ClN3/c1-3-18-15(13-5-4-7-19-11(13)2)9-12-6-8-17-10-14(12)16/h4-8,10,15,18H,3,9H2,1-2H3. The van der Waals surface area contributed by atoms with Gasteiger partial charge < -0.3 is 5.32 Å². The number of rotatable bonds is 5. The zero-order valence-electron chi connectivity index (χ0n) is 11.2. The van der Waals surface area contributed by atoms with E-state index in [4.69, 9.17) is 11.6 Å². The summed E-state index contributed by atoms with van der Waals surface area (Å²) < 4.78 is 0. The molecule has 2 rings (SSSR count). The van der Waals surface area contributed by atoms with Gasteiger partial charge in [0.15, 0.2) is 0 Å². The number of hydrogen-bond donors (Lipinski definition) is 1. The van der Waals surface area contributed by atoms with E-state index in [0.717, 1.165) is 24.2 Å². The zero-order valence-corrected chi connectivity index (χ0v) is 12.0. The highest BCUT2D eigenvalue weighted by Crippen LogP contribution is 2.24. The van der Waals surface area contributed by atoms with Crippen molar-refractivity contribution in [3.05, 3.63) is 58.6 Å². The third kappa shape index (κ3) is 3.52. The van der Waals surface area contributed by atoms with Crippen molar-refractivity contribution >= 4 is 11.6 Å². The summed E-state index contributed by atoms with van der Waals surface area (Å²) in [7, 11) is 0. The lowest BCUT2D eigenvalue weighted by atomic mass is 9.98. The Kier molecular flexibility index (Phi) is 4.88. The Hall–Kier alpha value is -1.45. The van der Waals surface area contributed by atoms with Crippen LogP contribution in [0.25, 0.3) is 0 Å². The van der Waals surface area contributed by atoms with E-state index in [1.165, 1.54) is 5.56 Å². The molecule has 0 radical (unpaired) electrons. The normalized spacial score (nSPS) is 12.4. The number of aromatic nitrogens is 2. The Morgan fingerprint density at radius 1 is 1.32 bits per heavy atom. The van der Waals surface area contributed by atoms with Gasteiger partial charge in [-0.05, 0) is 43.1 Å². The van der Waals surface area contributed by atoms with E-state index < -0.39 is 0 Å². The molecule has 1 unspecified atom stereocenters. The maximum absolute atomic E-state index is 6.19. The van der Waals surface area contributed by atoms with E-state index in [1.807, 2.05) is 25.3 Å². The van der Waals surface area contributed by atoms with Gasteiger partial charge in [0.25, 0.3) is 0 Å². The van der Waals surface area contributed by atoms with Crippen molar-refractivity contribution in [2.45, 2.75) is 26.3 Å². The van der Waals surface area contributed by atoms with E-state index in [2.05, 4.69) is 28.3 Å². The van der Waals surface area contributed by atoms with Crippen LogP contribution in [0.3, 0.4) is 0 Å². The van der Waals surface area contributed by atoms with Crippen molar-refractivity contribution < 1.29 is 0 Å². The molecule has 0 bridgehead atoms. The van der Waals surface area contributed by atoms with Crippen molar-refractivity contribution in [1.29, 1.82) is 0 Å². The first-order valence-corrected chi connectivity index (χ1v) is 6.83. The molecule has 2 aromatic heterocycles. The lowest BCUT2D eigenvalue weighted by molar-refractivity contribution is 0.545. The second-order valence-electron chi connectivity index (χ2n) is 4.46. The molecule has 2 aromatic rings. The molecule has 4 heteroatoms. The maximum Gasteiger partial charge on any atom is 0.0622 e. The predicted octanol–water partition coefficient (Wildman–Crippen LogP) is 3.33. The third-order valence-corrected chi connectivity index (χ3v) is 3.49. The topological polar surface area (TPSA) is 37.8 Å². The van der Waals surface area contributed by atoms with Crippen LogP contribution in [-0.4, -0.2) is 16.5 Å². The van der Waals surface area contributed by atoms with Crippen LogP contribution in [0, 0.1) is 6.92 Å². The SMILES string of the molecule is CCNC(Cc1ccncc1Cl)c1cccnc1C. The zero-order chi connectivity index (χ0) is 13.7. The van der Waals surface area contributed by atoms with Gasteiger partial charge in [-0.1, -0.05) is 24.6 Å². The van der Waals surface area contributed by atoms with Crippen molar-refractivity contribution in [3.63, 3.8) is 0 Å². The molecule has 2 heterocycles. The Morgan fingerprint density at radius 3 is 2.84 bits per heavy atom. The van der Waals surface area contributed by atoms with Gasteiger partial charge in [0.2, 0.25) is 0 Å². The summed E-state index contributed by atoms with van der Waals surface area (Å²) in [5.74, 6) is 0. The van der Waals surface area contributed by atoms with Crippen molar-refractivity contribution in [1.82, 2.24) is 15.3 Å². The van der Waals surface area contributed by atoms with Crippen molar-refractivity contribution in [3.8, 4) is 0 Å². The molecule has 1 N–H and O–H groups in total. The minimum Gasteiger partial charge on any atom is -0.310 e. The van der Waals surface area contributed by atoms with Gasteiger partial charge >= 0.3 is 0 Å². The quantitative estimate of drug-likeness (QED) is 0.909. The molecule has 0 saturated carbocycles. The second kappa shape index (κ2) is 6.64. The highest BCUT2D eigenvalue weighted by Gasteiger charge is 2.15. The molecule has 0 fully saturated rings. The Balaban J connectivity index is 2.27. The number of halogens is 1. The predicted molar refractivity (Wildman–Crippen MR) is 78.3 cm³/mol. The van der Waals surface area contributed by atoms with E-state index >= 15 is 0 Å². The molecule has 0 amide bonds. The molecule has 3 nitrogen and oxygen atoms in total. The molecule has 0 aliphatic heterocycles. The van der Waals surface area contributed by atoms with Crippen LogP contribution in [-0.2, 0) is 6.42 Å². The highest BCUT2D eigenvalue weighted by atomic mass is 35.5. The van der Waals surface area contributed by atoms with Crippen molar-refractivity contribution in [2.24, 2.45) is 0 Å². The molecule has 0 spiro atoms. The van der Waals surface area contributed by atoms with Crippen LogP contribution < -0.4 is 5.32 Å². The minimum atomic E-state index is 0.221. The van der Waals surface area contributed by atoms with E-state index in [0.29, 0.717) is 5.02 Å². The molecule has 100 valence electrons. The van der Waals surface area contributed by atoms with Crippen LogP contribution in [0.1, 0.15) is 29.8 Å². The minimum absolute atomic E-state index is 0.221. The molecule has 0 aliphatic rings. The highest BCUT2D eigenvalue weighted by molar-refractivity contribution is 6.31. The average molecular weight is 276 g/mol. The van der Waals surface area contributed by atoms with E-state index in [9.17, 15) is 0 Å². The van der Waals surface area contributed by atoms with Crippen LogP contribution in [0.5, 0.6) is 0 Å². The fourth-order valence-corrected chi connectivity index (χ4v) is 2.39. The molecular weight excluding hydrogens is 258 g/mol. The fourth-order valence-electron chi connectivity index (χ4n) is 2.19. The van der Waals surface area contributed by atoms with Gasteiger partial charge in [0.05, 0.1) is 5.02 Å². The first kappa shape index (κ1) is 14.0. The second-order valence-corrected chi connectivity index (χ2v) is 4.87. The average Bonchev–Trinajstić information content (AvgIpc) is 2.41. The van der Waals surface area contributed by atoms with Crippen LogP contribution in [0.15, 0.2) is 36.8 Å². The third-order valence-electron chi connectivity index (χ3n) is 3.15. The summed E-state index contributed by atoms with van der Waals surface area (Å²) in [5, 5.41) is 4.21. The number of nitrogens with one attached hydrogen (secondary N) is 1. The summed E-state index contributed by atoms with van der Waals surface area (Å²) in [5.41, 5.74) is 3.38. The molecular formula is C15H18ClN3. The number of pyridine rings is 2. The molecule has 0 saturated heterocycles. The first-order valence-electron chi connectivity index (χ1n) is 6.45. The van der Waals surface area contributed by atoms with Crippen molar-refractivity contribution in [2.75, 3.05) is 6.54 Å². The monoisotopic (exact) mass is 275 g/mol. The number of hydrogen-bond acceptors (Lipinski definition) is 3. The van der Waals surface area contributed by atoms with E-state index in [-0.39, 0.29) is 6.04 Å². The molecule has 1 atom stereocenters. The molecule has 0 aliphatic carbocycles. The fraction of sp³-hybridized carbons (Fsp3) is 0.333. The lowest BCUT2D eigenvalue weighted by Crippen LogP contribution is -2.24. The maximum atomic E-state index is 6.19. The summed E-state index contributed by atoms with van der Waals surface area (Å²) in [6.45, 7) is 5.04. The largest absolute Gasteiger partial charge is 0.310 e. The smallest absolute Gasteiger partial charge is 0.0622 e. The van der Waals surface area contributed by atoms with Gasteiger partial charge in [-0.3, -0.25) is 9.97 Å². The van der Waals surface area contributed by atoms with Crippen LogP contribution in [0.2, 0.25) is 5.02 Å². The molecule has 0 aromatic carbocycles. The Morgan fingerprint density at radius 2 is 2.16 bits per heavy atom. The van der Waals surface area contributed by atoms with Crippen LogP contribution >= 0.6 is 11.6 Å². The number of likely N-dealkylation sites (N-methyl/N-ethyl adjacent to an activating group) is 1. The number of aryl methyl sites for hydroxylation is 1. The Labute approximate surface area is 119 Å².